The molecule has 0 spiro atoms. The van der Waals surface area contributed by atoms with E-state index in [1.165, 1.54) is 19.9 Å². The van der Waals surface area contributed by atoms with Crippen molar-refractivity contribution in [2.75, 3.05) is 51.8 Å². The van der Waals surface area contributed by atoms with Crippen LogP contribution in [0.2, 0.25) is 5.02 Å². The third-order valence-corrected chi connectivity index (χ3v) is 13.9. The molecule has 1 aromatic heterocycles. The van der Waals surface area contributed by atoms with Gasteiger partial charge in [0.1, 0.15) is 4.75 Å². The number of morpholine rings is 1. The number of benzene rings is 1. The molecule has 2 aromatic rings. The van der Waals surface area contributed by atoms with Crippen molar-refractivity contribution in [3.8, 4) is 10.4 Å². The first kappa shape index (κ1) is 30.8. The number of rotatable bonds is 8. The largest absolute Gasteiger partial charge is 0.379 e. The highest BCUT2D eigenvalue weighted by atomic mass is 35.5. The number of hydroxylamine groups is 1. The molecule has 1 aromatic carbocycles. The van der Waals surface area contributed by atoms with Gasteiger partial charge in [-0.3, -0.25) is 4.79 Å². The zero-order valence-corrected chi connectivity index (χ0v) is 25.7. The molecule has 3 aliphatic rings. The van der Waals surface area contributed by atoms with E-state index in [1.54, 1.807) is 18.2 Å². The highest BCUT2D eigenvalue weighted by Crippen LogP contribution is 2.45. The second-order valence-corrected chi connectivity index (χ2v) is 16.1. The van der Waals surface area contributed by atoms with Gasteiger partial charge in [0.15, 0.2) is 16.1 Å². The molecule has 3 fully saturated rings. The van der Waals surface area contributed by atoms with Crippen molar-refractivity contribution in [1.29, 1.82) is 0 Å². The summed E-state index contributed by atoms with van der Waals surface area (Å²) in [5, 5.41) is 0.577. The maximum atomic E-state index is 14.1. The molecule has 0 saturated carbocycles. The van der Waals surface area contributed by atoms with E-state index < -0.39 is 49.2 Å². The molecule has 0 radical (unpaired) electrons. The maximum Gasteiger partial charge on any atom is 0.282 e. The van der Waals surface area contributed by atoms with Crippen LogP contribution >= 0.6 is 22.9 Å². The Morgan fingerprint density at radius 2 is 1.78 bits per heavy atom. The predicted molar refractivity (Wildman–Crippen MR) is 155 cm³/mol. The molecule has 1 amide bonds. The van der Waals surface area contributed by atoms with Gasteiger partial charge in [0.05, 0.1) is 25.4 Å². The average molecular weight is 648 g/mol. The van der Waals surface area contributed by atoms with E-state index in [1.807, 2.05) is 18.2 Å². The lowest BCUT2D eigenvalue weighted by Crippen LogP contribution is -2.49. The summed E-state index contributed by atoms with van der Waals surface area (Å²) in [6.07, 6.45) is 1.32. The lowest BCUT2D eigenvalue weighted by Gasteiger charge is -2.32. The third kappa shape index (κ3) is 6.81. The molecule has 5 rings (SSSR count). The number of halogens is 1. The predicted octanol–water partition coefficient (Wildman–Crippen LogP) is 2.93. The van der Waals surface area contributed by atoms with E-state index in [-0.39, 0.29) is 45.8 Å². The number of sulfone groups is 1. The molecule has 1 N–H and O–H groups in total. The summed E-state index contributed by atoms with van der Waals surface area (Å²) >= 11 is 7.32. The van der Waals surface area contributed by atoms with Crippen LogP contribution in [0, 0.1) is 0 Å². The number of hydrogen-bond acceptors (Lipinski definition) is 9. The highest BCUT2D eigenvalue weighted by Gasteiger charge is 2.51. The molecule has 4 heterocycles. The molecular weight excluding hydrogens is 614 g/mol. The Morgan fingerprint density at radius 1 is 1.05 bits per heavy atom. The van der Waals surface area contributed by atoms with Crippen molar-refractivity contribution in [2.24, 2.45) is 0 Å². The van der Waals surface area contributed by atoms with Crippen LogP contribution in [-0.4, -0.2) is 89.4 Å². The molecule has 226 valence electrons. The Balaban J connectivity index is 1.45. The average Bonchev–Trinajstić information content (AvgIpc) is 3.42. The van der Waals surface area contributed by atoms with Gasteiger partial charge in [0.2, 0.25) is 5.91 Å². The number of nitrogens with one attached hydrogen (secondary N) is 1. The Kier molecular flexibility index (Phi) is 9.73. The quantitative estimate of drug-likeness (QED) is 0.433. The Labute approximate surface area is 249 Å². The van der Waals surface area contributed by atoms with Crippen molar-refractivity contribution in [3.05, 3.63) is 46.3 Å². The third-order valence-electron chi connectivity index (χ3n) is 7.66. The van der Waals surface area contributed by atoms with Crippen molar-refractivity contribution in [3.63, 3.8) is 0 Å². The van der Waals surface area contributed by atoms with Crippen molar-refractivity contribution in [1.82, 2.24) is 14.1 Å². The molecule has 2 atom stereocenters. The summed E-state index contributed by atoms with van der Waals surface area (Å²) in [6.45, 7) is 1.23. The summed E-state index contributed by atoms with van der Waals surface area (Å²) in [5.74, 6) is -1.04. The number of thiophene rings is 1. The lowest BCUT2D eigenvalue weighted by molar-refractivity contribution is -0.200. The Bertz CT molecular complexity index is 1420. The van der Waals surface area contributed by atoms with E-state index in [2.05, 4.69) is 5.48 Å². The summed E-state index contributed by atoms with van der Waals surface area (Å²) in [5.41, 5.74) is 3.25. The minimum absolute atomic E-state index is 0.0625. The summed E-state index contributed by atoms with van der Waals surface area (Å²) in [7, 11) is -7.93. The first-order valence-electron chi connectivity index (χ1n) is 13.6. The normalized spacial score (nSPS) is 26.3. The number of ether oxygens (including phenoxy) is 2. The second-order valence-electron chi connectivity index (χ2n) is 10.3. The molecule has 41 heavy (non-hydrogen) atoms. The highest BCUT2D eigenvalue weighted by molar-refractivity contribution is 7.92. The van der Waals surface area contributed by atoms with Gasteiger partial charge in [-0.2, -0.15) is 17.0 Å². The monoisotopic (exact) mass is 647 g/mol. The van der Waals surface area contributed by atoms with Crippen LogP contribution in [0.3, 0.4) is 0 Å². The van der Waals surface area contributed by atoms with Gasteiger partial charge in [-0.05, 0) is 49.1 Å². The fourth-order valence-electron chi connectivity index (χ4n) is 5.31. The van der Waals surface area contributed by atoms with Gasteiger partial charge >= 0.3 is 0 Å². The maximum absolute atomic E-state index is 14.1. The van der Waals surface area contributed by atoms with Gasteiger partial charge in [0.25, 0.3) is 10.2 Å². The number of amides is 1. The molecule has 0 bridgehead atoms. The molecule has 3 aliphatic heterocycles. The standard InChI is InChI=1S/C26H34ClN3O8S3/c27-21-6-4-20(5-7-21)22-8-9-23(39-22)26(19-24(31)28-38-25-3-1-2-15-37-25)10-11-29(14-18-40(26,32)33)41(34,35)30-12-16-36-17-13-30/h4-9,25H,1-3,10-19H2,(H,28,31). The number of carbonyl (C=O) groups excluding carboxylic acids is 1. The van der Waals surface area contributed by atoms with E-state index in [4.69, 9.17) is 25.9 Å². The van der Waals surface area contributed by atoms with E-state index in [0.29, 0.717) is 22.9 Å². The lowest BCUT2D eigenvalue weighted by atomic mass is 9.97. The van der Waals surface area contributed by atoms with Crippen LogP contribution in [0.15, 0.2) is 36.4 Å². The van der Waals surface area contributed by atoms with Gasteiger partial charge in [-0.1, -0.05) is 23.7 Å². The Hall–Kier alpha value is -1.62. The summed E-state index contributed by atoms with van der Waals surface area (Å²) in [4.78, 5) is 20.0. The second kappa shape index (κ2) is 12.9. The number of nitrogens with zero attached hydrogens (tertiary/aromatic N) is 2. The topological polar surface area (TPSA) is 132 Å². The first-order chi connectivity index (χ1) is 19.6. The van der Waals surface area contributed by atoms with Crippen molar-refractivity contribution < 1.29 is 35.9 Å². The smallest absolute Gasteiger partial charge is 0.282 e. The zero-order valence-electron chi connectivity index (χ0n) is 22.5. The van der Waals surface area contributed by atoms with Gasteiger partial charge in [-0.15, -0.1) is 11.3 Å². The van der Waals surface area contributed by atoms with E-state index in [9.17, 15) is 21.6 Å². The van der Waals surface area contributed by atoms with Crippen LogP contribution in [0.4, 0.5) is 0 Å². The van der Waals surface area contributed by atoms with Crippen LogP contribution in [0.5, 0.6) is 0 Å². The van der Waals surface area contributed by atoms with E-state index >= 15 is 0 Å². The molecule has 11 nitrogen and oxygen atoms in total. The molecule has 2 unspecified atom stereocenters. The van der Waals surface area contributed by atoms with E-state index in [0.717, 1.165) is 23.3 Å². The van der Waals surface area contributed by atoms with Crippen LogP contribution in [0.1, 0.15) is 37.0 Å². The Morgan fingerprint density at radius 3 is 2.49 bits per heavy atom. The molecule has 3 saturated heterocycles. The number of hydrogen-bond donors (Lipinski definition) is 1. The fourth-order valence-corrected chi connectivity index (χ4v) is 10.7. The minimum Gasteiger partial charge on any atom is -0.379 e. The summed E-state index contributed by atoms with van der Waals surface area (Å²) < 4.78 is 66.8. The van der Waals surface area contributed by atoms with Crippen LogP contribution < -0.4 is 5.48 Å². The van der Waals surface area contributed by atoms with Crippen LogP contribution in [-0.2, 0) is 43.9 Å². The van der Waals surface area contributed by atoms with Gasteiger partial charge in [-0.25, -0.2) is 18.7 Å². The minimum atomic E-state index is -4.02. The summed E-state index contributed by atoms with van der Waals surface area (Å²) in [6, 6.07) is 10.7. The van der Waals surface area contributed by atoms with Crippen LogP contribution in [0.25, 0.3) is 10.4 Å². The fraction of sp³-hybridized carbons (Fsp3) is 0.577. The zero-order chi connectivity index (χ0) is 29.1. The van der Waals surface area contributed by atoms with Gasteiger partial charge in [0, 0.05) is 54.0 Å². The molecule has 0 aliphatic carbocycles. The number of carbonyl (C=O) groups is 1. The molecule has 15 heteroatoms. The van der Waals surface area contributed by atoms with Crippen molar-refractivity contribution >= 4 is 48.9 Å². The van der Waals surface area contributed by atoms with Crippen molar-refractivity contribution in [2.45, 2.75) is 43.1 Å². The SMILES string of the molecule is O=C(CC1(c2ccc(-c3ccc(Cl)cc3)s2)CCN(S(=O)(=O)N2CCOCC2)CCS1(=O)=O)NOC1CCCCO1. The first-order valence-corrected chi connectivity index (χ1v) is 17.8. The van der Waals surface area contributed by atoms with Gasteiger partial charge < -0.3 is 9.47 Å². The molecular formula is C26H34ClN3O8S3.